The number of nitrogens with two attached hydrogens (primary N) is 1. The smallest absolute Gasteiger partial charge is 0.149 e. The van der Waals surface area contributed by atoms with E-state index in [9.17, 15) is 4.79 Å². The minimum absolute atomic E-state index is 0.216. The molecule has 120 valence electrons. The summed E-state index contributed by atoms with van der Waals surface area (Å²) in [5, 5.41) is 0. The molecule has 0 saturated heterocycles. The standard InChI is InChI=1S/C18H37NO/c1-3-4-5-6-7-8-9-10-11-12-13-14-15-16-18(20)17(2)19/h17H,3-16,19H2,1-2H3/t17-/m1/s1. The summed E-state index contributed by atoms with van der Waals surface area (Å²) in [5.41, 5.74) is 5.53. The molecule has 0 aliphatic rings. The molecule has 0 unspecified atom stereocenters. The van der Waals surface area contributed by atoms with Crippen LogP contribution in [0.3, 0.4) is 0 Å². The van der Waals surface area contributed by atoms with E-state index in [1.54, 1.807) is 6.92 Å². The fourth-order valence-electron chi connectivity index (χ4n) is 2.54. The molecule has 0 radical (unpaired) electrons. The van der Waals surface area contributed by atoms with Crippen molar-refractivity contribution in [3.63, 3.8) is 0 Å². The van der Waals surface area contributed by atoms with E-state index in [1.807, 2.05) is 0 Å². The number of Topliss-reactive ketones (excluding diaryl/α,β-unsaturated/α-hetero) is 1. The first-order valence-electron chi connectivity index (χ1n) is 8.96. The van der Waals surface area contributed by atoms with Gasteiger partial charge in [-0.25, -0.2) is 0 Å². The van der Waals surface area contributed by atoms with Crippen LogP contribution < -0.4 is 5.73 Å². The highest BCUT2D eigenvalue weighted by Crippen LogP contribution is 2.13. The summed E-state index contributed by atoms with van der Waals surface area (Å²) in [6, 6.07) is -0.271. The van der Waals surface area contributed by atoms with Crippen LogP contribution in [-0.2, 0) is 4.79 Å². The quantitative estimate of drug-likeness (QED) is 0.410. The zero-order chi connectivity index (χ0) is 15.1. The Bertz CT molecular complexity index is 213. The van der Waals surface area contributed by atoms with Crippen molar-refractivity contribution in [3.8, 4) is 0 Å². The van der Waals surface area contributed by atoms with E-state index in [4.69, 9.17) is 5.73 Å². The van der Waals surface area contributed by atoms with E-state index in [0.717, 1.165) is 6.42 Å². The lowest BCUT2D eigenvalue weighted by atomic mass is 10.0. The van der Waals surface area contributed by atoms with Crippen LogP contribution in [0, 0.1) is 0 Å². The van der Waals surface area contributed by atoms with Crippen molar-refractivity contribution in [3.05, 3.63) is 0 Å². The van der Waals surface area contributed by atoms with Crippen LogP contribution in [0.4, 0.5) is 0 Å². The maximum Gasteiger partial charge on any atom is 0.149 e. The van der Waals surface area contributed by atoms with Crippen molar-refractivity contribution in [2.45, 2.75) is 110 Å². The summed E-state index contributed by atoms with van der Waals surface area (Å²) >= 11 is 0. The Kier molecular flexibility index (Phi) is 14.7. The Morgan fingerprint density at radius 1 is 0.750 bits per heavy atom. The Hall–Kier alpha value is -0.370. The molecule has 20 heavy (non-hydrogen) atoms. The molecule has 0 fully saturated rings. The normalized spacial score (nSPS) is 12.6. The Morgan fingerprint density at radius 2 is 1.10 bits per heavy atom. The van der Waals surface area contributed by atoms with Crippen LogP contribution in [-0.4, -0.2) is 11.8 Å². The number of carbonyl (C=O) groups excluding carboxylic acids is 1. The van der Waals surface area contributed by atoms with Gasteiger partial charge in [-0.05, 0) is 13.3 Å². The van der Waals surface area contributed by atoms with Crippen molar-refractivity contribution < 1.29 is 4.79 Å². The maximum atomic E-state index is 11.3. The molecule has 0 aliphatic carbocycles. The van der Waals surface area contributed by atoms with Gasteiger partial charge in [0.15, 0.2) is 0 Å². The molecule has 1 atom stereocenters. The topological polar surface area (TPSA) is 43.1 Å². The van der Waals surface area contributed by atoms with Gasteiger partial charge in [0.2, 0.25) is 0 Å². The molecule has 0 rings (SSSR count). The molecule has 0 saturated carbocycles. The van der Waals surface area contributed by atoms with Crippen molar-refractivity contribution in [2.75, 3.05) is 0 Å². The molecule has 0 aliphatic heterocycles. The van der Waals surface area contributed by atoms with Gasteiger partial charge in [0.1, 0.15) is 5.78 Å². The molecule has 0 aromatic heterocycles. The third-order valence-corrected chi connectivity index (χ3v) is 4.03. The lowest BCUT2D eigenvalue weighted by Gasteiger charge is -2.04. The van der Waals surface area contributed by atoms with Crippen LogP contribution in [0.25, 0.3) is 0 Å². The summed E-state index contributed by atoms with van der Waals surface area (Å²) in [4.78, 5) is 11.3. The summed E-state index contributed by atoms with van der Waals surface area (Å²) in [6.45, 7) is 4.05. The minimum Gasteiger partial charge on any atom is -0.322 e. The predicted molar refractivity (Wildman–Crippen MR) is 89.0 cm³/mol. The number of unbranched alkanes of at least 4 members (excludes halogenated alkanes) is 12. The van der Waals surface area contributed by atoms with Crippen molar-refractivity contribution in [1.29, 1.82) is 0 Å². The van der Waals surface area contributed by atoms with Gasteiger partial charge >= 0.3 is 0 Å². The van der Waals surface area contributed by atoms with Crippen LogP contribution in [0.5, 0.6) is 0 Å². The van der Waals surface area contributed by atoms with Crippen LogP contribution in [0.1, 0.15) is 104 Å². The number of hydrogen-bond donors (Lipinski definition) is 1. The van der Waals surface area contributed by atoms with Crippen molar-refractivity contribution in [2.24, 2.45) is 5.73 Å². The average Bonchev–Trinajstić information content (AvgIpc) is 2.43. The molecule has 2 nitrogen and oxygen atoms in total. The average molecular weight is 283 g/mol. The first-order valence-corrected chi connectivity index (χ1v) is 8.96. The zero-order valence-corrected chi connectivity index (χ0v) is 14.0. The Balaban J connectivity index is 3.04. The molecule has 2 heteroatoms. The second-order valence-electron chi connectivity index (χ2n) is 6.25. The lowest BCUT2D eigenvalue weighted by molar-refractivity contribution is -0.120. The second kappa shape index (κ2) is 15.0. The van der Waals surface area contributed by atoms with Gasteiger partial charge in [0, 0.05) is 6.42 Å². The van der Waals surface area contributed by atoms with E-state index >= 15 is 0 Å². The fraction of sp³-hybridized carbons (Fsp3) is 0.944. The first-order chi connectivity index (χ1) is 9.68. The first kappa shape index (κ1) is 19.6. The van der Waals surface area contributed by atoms with Crippen LogP contribution >= 0.6 is 0 Å². The summed E-state index contributed by atoms with van der Waals surface area (Å²) in [7, 11) is 0. The predicted octanol–water partition coefficient (Wildman–Crippen LogP) is 5.38. The van der Waals surface area contributed by atoms with E-state index in [1.165, 1.54) is 77.0 Å². The van der Waals surface area contributed by atoms with Gasteiger partial charge in [-0.1, -0.05) is 84.0 Å². The minimum atomic E-state index is -0.271. The van der Waals surface area contributed by atoms with Gasteiger partial charge in [0.25, 0.3) is 0 Å². The van der Waals surface area contributed by atoms with Gasteiger partial charge in [-0.2, -0.15) is 0 Å². The number of ketones is 1. The molecule has 0 aromatic rings. The Labute approximate surface area is 126 Å². The number of hydrogen-bond acceptors (Lipinski definition) is 2. The summed E-state index contributed by atoms with van der Waals surface area (Å²) in [6.07, 6.45) is 18.1. The van der Waals surface area contributed by atoms with E-state index in [-0.39, 0.29) is 11.8 Å². The highest BCUT2D eigenvalue weighted by atomic mass is 16.1. The third kappa shape index (κ3) is 14.0. The largest absolute Gasteiger partial charge is 0.322 e. The van der Waals surface area contributed by atoms with E-state index in [2.05, 4.69) is 6.92 Å². The lowest BCUT2D eigenvalue weighted by Crippen LogP contribution is -2.26. The summed E-state index contributed by atoms with van der Waals surface area (Å²) in [5.74, 6) is 0.216. The number of carbonyl (C=O) groups is 1. The molecular weight excluding hydrogens is 246 g/mol. The molecule has 0 heterocycles. The zero-order valence-electron chi connectivity index (χ0n) is 14.0. The molecule has 2 N–H and O–H groups in total. The molecular formula is C18H37NO. The van der Waals surface area contributed by atoms with Gasteiger partial charge in [-0.15, -0.1) is 0 Å². The third-order valence-electron chi connectivity index (χ3n) is 4.03. The molecule has 0 bridgehead atoms. The SMILES string of the molecule is CCCCCCCCCCCCCCCC(=O)[C@@H](C)N. The molecule has 0 aromatic carbocycles. The fourth-order valence-corrected chi connectivity index (χ4v) is 2.54. The molecule has 0 amide bonds. The van der Waals surface area contributed by atoms with Crippen LogP contribution in [0.2, 0.25) is 0 Å². The highest BCUT2D eigenvalue weighted by molar-refractivity contribution is 5.83. The van der Waals surface area contributed by atoms with E-state index in [0.29, 0.717) is 6.42 Å². The highest BCUT2D eigenvalue weighted by Gasteiger charge is 2.05. The monoisotopic (exact) mass is 283 g/mol. The second-order valence-corrected chi connectivity index (χ2v) is 6.25. The van der Waals surface area contributed by atoms with Crippen LogP contribution in [0.15, 0.2) is 0 Å². The van der Waals surface area contributed by atoms with Gasteiger partial charge < -0.3 is 5.73 Å². The molecule has 0 spiro atoms. The van der Waals surface area contributed by atoms with E-state index < -0.39 is 0 Å². The maximum absolute atomic E-state index is 11.3. The van der Waals surface area contributed by atoms with Gasteiger partial charge in [-0.3, -0.25) is 4.79 Å². The van der Waals surface area contributed by atoms with Crippen molar-refractivity contribution >= 4 is 5.78 Å². The Morgan fingerprint density at radius 3 is 1.45 bits per heavy atom. The summed E-state index contributed by atoms with van der Waals surface area (Å²) < 4.78 is 0. The number of rotatable bonds is 15. The van der Waals surface area contributed by atoms with Gasteiger partial charge in [0.05, 0.1) is 6.04 Å². The van der Waals surface area contributed by atoms with Crippen molar-refractivity contribution in [1.82, 2.24) is 0 Å².